The normalized spacial score (nSPS) is 12.0. The van der Waals surface area contributed by atoms with Crippen molar-refractivity contribution < 1.29 is 31.5 Å². The number of carbonyl (C=O) groups is 1. The zero-order chi connectivity index (χ0) is 22.0. The highest BCUT2D eigenvalue weighted by Crippen LogP contribution is 2.29. The number of aliphatic carboxylic acids is 1. The van der Waals surface area contributed by atoms with E-state index in [1.807, 2.05) is 31.2 Å². The number of rotatable bonds is 3. The number of halogens is 3. The first-order chi connectivity index (χ1) is 13.3. The number of aromatic nitrogens is 2. The maximum atomic E-state index is 12.1. The van der Waals surface area contributed by atoms with Gasteiger partial charge in [-0.25, -0.2) is 22.5 Å². The maximum absolute atomic E-state index is 12.1. The van der Waals surface area contributed by atoms with Crippen molar-refractivity contribution in [2.75, 3.05) is 14.1 Å². The Morgan fingerprint density at radius 1 is 1.14 bits per heavy atom. The molecular weight excluding hydrogens is 411 g/mol. The van der Waals surface area contributed by atoms with Gasteiger partial charge in [-0.1, -0.05) is 12.1 Å². The number of hydrogen-bond acceptors (Lipinski definition) is 4. The highest BCUT2D eigenvalue weighted by molar-refractivity contribution is 7.89. The van der Waals surface area contributed by atoms with Crippen LogP contribution in [-0.2, 0) is 14.8 Å². The number of nitrogens with one attached hydrogen (secondary N) is 1. The number of H-pyrrole nitrogens is 1. The lowest BCUT2D eigenvalue weighted by atomic mass is 10.0. The molecule has 0 amide bonds. The van der Waals surface area contributed by atoms with E-state index in [1.54, 1.807) is 18.3 Å². The largest absolute Gasteiger partial charge is 0.490 e. The van der Waals surface area contributed by atoms with Gasteiger partial charge >= 0.3 is 12.1 Å². The van der Waals surface area contributed by atoms with Crippen molar-refractivity contribution >= 4 is 27.0 Å². The molecule has 156 valence electrons. The standard InChI is InChI=1S/C16H17N3O2S.C2HF3O2/c1-11-10-15-14(8-9-17-16(15)18-11)12-4-6-13(7-5-12)22(20,21)19(2)3;3-2(4,5)1(6)7/h4-10H,1-3H3,(H,17,18);(H,6,7). The lowest BCUT2D eigenvalue weighted by Gasteiger charge is -2.11. The highest BCUT2D eigenvalue weighted by atomic mass is 32.2. The molecule has 0 fully saturated rings. The molecule has 2 heterocycles. The summed E-state index contributed by atoms with van der Waals surface area (Å²) in [5.74, 6) is -2.76. The summed E-state index contributed by atoms with van der Waals surface area (Å²) in [5.41, 5.74) is 3.87. The van der Waals surface area contributed by atoms with Crippen LogP contribution >= 0.6 is 0 Å². The Bertz CT molecular complexity index is 1120. The second-order valence-corrected chi connectivity index (χ2v) is 8.34. The average Bonchev–Trinajstić information content (AvgIpc) is 3.01. The van der Waals surface area contributed by atoms with Gasteiger partial charge in [-0.05, 0) is 42.3 Å². The highest BCUT2D eigenvalue weighted by Gasteiger charge is 2.38. The van der Waals surface area contributed by atoms with E-state index < -0.39 is 22.2 Å². The van der Waals surface area contributed by atoms with Gasteiger partial charge < -0.3 is 10.1 Å². The molecule has 0 atom stereocenters. The number of fused-ring (bicyclic) bond motifs is 1. The first-order valence-electron chi connectivity index (χ1n) is 8.11. The average molecular weight is 429 g/mol. The van der Waals surface area contributed by atoms with E-state index >= 15 is 0 Å². The minimum absolute atomic E-state index is 0.289. The number of aromatic amines is 1. The van der Waals surface area contributed by atoms with Crippen molar-refractivity contribution in [1.29, 1.82) is 0 Å². The van der Waals surface area contributed by atoms with Crippen molar-refractivity contribution in [3.63, 3.8) is 0 Å². The monoisotopic (exact) mass is 429 g/mol. The van der Waals surface area contributed by atoms with Gasteiger partial charge in [-0.2, -0.15) is 13.2 Å². The number of carboxylic acid groups (broad SMARTS) is 1. The molecule has 0 saturated heterocycles. The zero-order valence-corrected chi connectivity index (χ0v) is 16.5. The first-order valence-corrected chi connectivity index (χ1v) is 9.55. The van der Waals surface area contributed by atoms with Crippen molar-refractivity contribution in [2.45, 2.75) is 18.0 Å². The molecule has 0 spiro atoms. The molecule has 0 aliphatic carbocycles. The van der Waals surface area contributed by atoms with Crippen LogP contribution in [0, 0.1) is 6.92 Å². The molecule has 3 rings (SSSR count). The van der Waals surface area contributed by atoms with E-state index in [0.29, 0.717) is 0 Å². The van der Waals surface area contributed by atoms with E-state index in [9.17, 15) is 21.6 Å². The lowest BCUT2D eigenvalue weighted by Crippen LogP contribution is -2.22. The molecule has 0 aliphatic heterocycles. The Kier molecular flexibility index (Phi) is 6.34. The Hall–Kier alpha value is -2.92. The molecule has 11 heteroatoms. The Morgan fingerprint density at radius 3 is 2.17 bits per heavy atom. The lowest BCUT2D eigenvalue weighted by molar-refractivity contribution is -0.192. The summed E-state index contributed by atoms with van der Waals surface area (Å²) in [6.45, 7) is 1.98. The summed E-state index contributed by atoms with van der Waals surface area (Å²) in [6.07, 6.45) is -3.34. The van der Waals surface area contributed by atoms with Gasteiger partial charge in [0, 0.05) is 31.4 Å². The first kappa shape index (κ1) is 22.4. The van der Waals surface area contributed by atoms with Crippen LogP contribution in [0.3, 0.4) is 0 Å². The van der Waals surface area contributed by atoms with Gasteiger partial charge in [0.05, 0.1) is 4.90 Å². The van der Waals surface area contributed by atoms with Crippen LogP contribution in [0.1, 0.15) is 5.69 Å². The fraction of sp³-hybridized carbons (Fsp3) is 0.222. The molecular formula is C18H18F3N3O4S. The second-order valence-electron chi connectivity index (χ2n) is 6.19. The Morgan fingerprint density at radius 2 is 1.69 bits per heavy atom. The second kappa shape index (κ2) is 8.21. The van der Waals surface area contributed by atoms with E-state index in [1.165, 1.54) is 18.4 Å². The molecule has 0 saturated carbocycles. The number of aryl methyl sites for hydroxylation is 1. The number of nitrogens with zero attached hydrogens (tertiary/aromatic N) is 2. The fourth-order valence-corrected chi connectivity index (χ4v) is 3.33. The van der Waals surface area contributed by atoms with Crippen molar-refractivity contribution in [3.05, 3.63) is 48.3 Å². The molecule has 7 nitrogen and oxygen atoms in total. The molecule has 2 N–H and O–H groups in total. The molecule has 1 aromatic carbocycles. The predicted molar refractivity (Wildman–Crippen MR) is 101 cm³/mol. The molecule has 3 aromatic rings. The molecule has 0 radical (unpaired) electrons. The summed E-state index contributed by atoms with van der Waals surface area (Å²) >= 11 is 0. The smallest absolute Gasteiger partial charge is 0.475 e. The third-order valence-corrected chi connectivity index (χ3v) is 5.68. The maximum Gasteiger partial charge on any atom is 0.490 e. The molecule has 2 aromatic heterocycles. The number of benzene rings is 1. The van der Waals surface area contributed by atoms with Gasteiger partial charge in [-0.3, -0.25) is 0 Å². The fourth-order valence-electron chi connectivity index (χ4n) is 2.43. The summed E-state index contributed by atoms with van der Waals surface area (Å²) in [4.78, 5) is 16.7. The predicted octanol–water partition coefficient (Wildman–Crippen LogP) is 3.42. The van der Waals surface area contributed by atoms with Crippen LogP contribution in [0.15, 0.2) is 47.5 Å². The third-order valence-electron chi connectivity index (χ3n) is 3.85. The summed E-state index contributed by atoms with van der Waals surface area (Å²) in [5, 5.41) is 8.16. The number of pyridine rings is 1. The van der Waals surface area contributed by atoms with E-state index in [-0.39, 0.29) is 4.90 Å². The minimum atomic E-state index is -5.08. The van der Waals surface area contributed by atoms with Crippen LogP contribution in [-0.4, -0.2) is 54.0 Å². The molecule has 0 unspecified atom stereocenters. The minimum Gasteiger partial charge on any atom is -0.475 e. The number of carboxylic acids is 1. The summed E-state index contributed by atoms with van der Waals surface area (Å²) < 4.78 is 57.2. The van der Waals surface area contributed by atoms with Gasteiger partial charge in [0.25, 0.3) is 0 Å². The Labute approximate surface area is 164 Å². The summed E-state index contributed by atoms with van der Waals surface area (Å²) in [7, 11) is -0.347. The van der Waals surface area contributed by atoms with Crippen LogP contribution in [0.25, 0.3) is 22.2 Å². The third kappa shape index (κ3) is 5.12. The summed E-state index contributed by atoms with van der Waals surface area (Å²) in [6, 6.07) is 10.9. The van der Waals surface area contributed by atoms with Gasteiger partial charge in [0.2, 0.25) is 10.0 Å². The van der Waals surface area contributed by atoms with Crippen molar-refractivity contribution in [2.24, 2.45) is 0 Å². The number of sulfonamides is 1. The van der Waals surface area contributed by atoms with Crippen LogP contribution < -0.4 is 0 Å². The SMILES string of the molecule is Cc1cc2c(-c3ccc(S(=O)(=O)N(C)C)cc3)ccnc2[nH]1.O=C(O)C(F)(F)F. The topological polar surface area (TPSA) is 103 Å². The van der Waals surface area contributed by atoms with Crippen LogP contribution in [0.5, 0.6) is 0 Å². The van der Waals surface area contributed by atoms with E-state index in [2.05, 4.69) is 9.97 Å². The number of alkyl halides is 3. The molecule has 0 bridgehead atoms. The Balaban J connectivity index is 0.000000370. The van der Waals surface area contributed by atoms with Crippen LogP contribution in [0.2, 0.25) is 0 Å². The zero-order valence-electron chi connectivity index (χ0n) is 15.6. The van der Waals surface area contributed by atoms with Crippen molar-refractivity contribution in [1.82, 2.24) is 14.3 Å². The van der Waals surface area contributed by atoms with Crippen molar-refractivity contribution in [3.8, 4) is 11.1 Å². The van der Waals surface area contributed by atoms with E-state index in [4.69, 9.17) is 9.90 Å². The quantitative estimate of drug-likeness (QED) is 0.664. The van der Waals surface area contributed by atoms with Gasteiger partial charge in [0.1, 0.15) is 5.65 Å². The molecule has 29 heavy (non-hydrogen) atoms. The van der Waals surface area contributed by atoms with Gasteiger partial charge in [0.15, 0.2) is 0 Å². The van der Waals surface area contributed by atoms with Gasteiger partial charge in [-0.15, -0.1) is 0 Å². The number of hydrogen-bond donors (Lipinski definition) is 2. The molecule has 0 aliphatic rings. The van der Waals surface area contributed by atoms with Crippen LogP contribution in [0.4, 0.5) is 13.2 Å². The van der Waals surface area contributed by atoms with E-state index in [0.717, 1.165) is 27.9 Å².